The molecule has 0 aromatic heterocycles. The summed E-state index contributed by atoms with van der Waals surface area (Å²) in [6, 6.07) is 14.7. The summed E-state index contributed by atoms with van der Waals surface area (Å²) in [5.74, 6) is 0.615. The van der Waals surface area contributed by atoms with Crippen LogP contribution in [0.25, 0.3) is 10.8 Å². The highest BCUT2D eigenvalue weighted by Gasteiger charge is 2.48. The molecule has 0 aliphatic heterocycles. The van der Waals surface area contributed by atoms with Crippen LogP contribution in [0.3, 0.4) is 0 Å². The molecule has 1 aliphatic carbocycles. The Bertz CT molecular complexity index is 600. The molecule has 1 nitrogen and oxygen atoms in total. The average Bonchev–Trinajstić information content (AvgIpc) is 2.33. The van der Waals surface area contributed by atoms with Crippen molar-refractivity contribution < 1.29 is 5.11 Å². The smallest absolute Gasteiger partial charge is 0.0902 e. The van der Waals surface area contributed by atoms with Crippen LogP contribution in [0.5, 0.6) is 0 Å². The molecule has 1 fully saturated rings. The Morgan fingerprint density at radius 1 is 1.00 bits per heavy atom. The van der Waals surface area contributed by atoms with Crippen molar-refractivity contribution in [3.63, 3.8) is 0 Å². The van der Waals surface area contributed by atoms with E-state index in [1.54, 1.807) is 0 Å². The van der Waals surface area contributed by atoms with Crippen LogP contribution < -0.4 is 0 Å². The lowest BCUT2D eigenvalue weighted by molar-refractivity contribution is -0.112. The van der Waals surface area contributed by atoms with Crippen molar-refractivity contribution in [3.8, 4) is 0 Å². The SMILES string of the molecule is CC(C)(C)C1CC(O)(c2ccc3ccccc3c2)C1. The second-order valence-electron chi connectivity index (χ2n) is 7.06. The maximum atomic E-state index is 10.8. The van der Waals surface area contributed by atoms with Gasteiger partial charge in [-0.15, -0.1) is 0 Å². The molecule has 1 heteroatoms. The molecule has 3 rings (SSSR count). The zero-order valence-electron chi connectivity index (χ0n) is 12.0. The van der Waals surface area contributed by atoms with Gasteiger partial charge in [-0.3, -0.25) is 0 Å². The normalized spacial score (nSPS) is 27.3. The number of rotatable bonds is 1. The summed E-state index contributed by atoms with van der Waals surface area (Å²) in [4.78, 5) is 0. The molecule has 0 radical (unpaired) electrons. The Morgan fingerprint density at radius 3 is 2.26 bits per heavy atom. The van der Waals surface area contributed by atoms with Crippen LogP contribution in [0.1, 0.15) is 39.2 Å². The molecule has 0 unspecified atom stereocenters. The third-order valence-electron chi connectivity index (χ3n) is 4.68. The number of aliphatic hydroxyl groups is 1. The van der Waals surface area contributed by atoms with Gasteiger partial charge in [-0.25, -0.2) is 0 Å². The first-order valence-corrected chi connectivity index (χ1v) is 7.10. The second-order valence-corrected chi connectivity index (χ2v) is 7.06. The molecule has 1 N–H and O–H groups in total. The van der Waals surface area contributed by atoms with Crippen LogP contribution in [0.4, 0.5) is 0 Å². The third kappa shape index (κ3) is 2.17. The minimum absolute atomic E-state index is 0.295. The summed E-state index contributed by atoms with van der Waals surface area (Å²) < 4.78 is 0. The molecule has 0 bridgehead atoms. The maximum absolute atomic E-state index is 10.8. The van der Waals surface area contributed by atoms with Gasteiger partial charge in [-0.2, -0.15) is 0 Å². The van der Waals surface area contributed by atoms with Crippen molar-refractivity contribution >= 4 is 10.8 Å². The first kappa shape index (κ1) is 12.7. The van der Waals surface area contributed by atoms with E-state index < -0.39 is 5.60 Å². The van der Waals surface area contributed by atoms with Gasteiger partial charge in [-0.05, 0) is 46.6 Å². The lowest BCUT2D eigenvalue weighted by Crippen LogP contribution is -2.46. The van der Waals surface area contributed by atoms with E-state index in [9.17, 15) is 5.11 Å². The van der Waals surface area contributed by atoms with Crippen molar-refractivity contribution in [2.75, 3.05) is 0 Å². The van der Waals surface area contributed by atoms with Crippen LogP contribution in [-0.4, -0.2) is 5.11 Å². The van der Waals surface area contributed by atoms with E-state index >= 15 is 0 Å². The molecule has 1 aliphatic rings. The molecular formula is C18H22O. The van der Waals surface area contributed by atoms with Crippen LogP contribution in [0.2, 0.25) is 0 Å². The minimum Gasteiger partial charge on any atom is -0.385 e. The Balaban J connectivity index is 1.89. The molecule has 2 aromatic carbocycles. The van der Waals surface area contributed by atoms with Gasteiger partial charge in [0.25, 0.3) is 0 Å². The molecule has 2 aromatic rings. The molecule has 0 spiro atoms. The fourth-order valence-electron chi connectivity index (χ4n) is 3.08. The van der Waals surface area contributed by atoms with Crippen LogP contribution in [0, 0.1) is 11.3 Å². The summed E-state index contributed by atoms with van der Waals surface area (Å²) in [5, 5.41) is 13.2. The predicted molar refractivity (Wildman–Crippen MR) is 80.0 cm³/mol. The molecule has 100 valence electrons. The van der Waals surface area contributed by atoms with Crippen molar-refractivity contribution in [2.45, 2.75) is 39.2 Å². The second kappa shape index (κ2) is 4.08. The lowest BCUT2D eigenvalue weighted by Gasteiger charge is -2.50. The monoisotopic (exact) mass is 254 g/mol. The highest BCUT2D eigenvalue weighted by atomic mass is 16.3. The highest BCUT2D eigenvalue weighted by molar-refractivity contribution is 5.83. The first-order chi connectivity index (χ1) is 8.88. The van der Waals surface area contributed by atoms with E-state index in [4.69, 9.17) is 0 Å². The zero-order valence-corrected chi connectivity index (χ0v) is 12.0. The average molecular weight is 254 g/mol. The molecule has 0 atom stereocenters. The first-order valence-electron chi connectivity index (χ1n) is 7.10. The fourth-order valence-corrected chi connectivity index (χ4v) is 3.08. The Hall–Kier alpha value is -1.34. The third-order valence-corrected chi connectivity index (χ3v) is 4.68. The molecule has 19 heavy (non-hydrogen) atoms. The van der Waals surface area contributed by atoms with Gasteiger partial charge in [-0.1, -0.05) is 57.2 Å². The molecule has 0 saturated heterocycles. The van der Waals surface area contributed by atoms with E-state index in [-0.39, 0.29) is 0 Å². The van der Waals surface area contributed by atoms with Gasteiger partial charge < -0.3 is 5.11 Å². The number of fused-ring (bicyclic) bond motifs is 1. The largest absolute Gasteiger partial charge is 0.385 e. The quantitative estimate of drug-likeness (QED) is 0.795. The summed E-state index contributed by atoms with van der Waals surface area (Å²) >= 11 is 0. The van der Waals surface area contributed by atoms with Crippen LogP contribution in [-0.2, 0) is 5.60 Å². The van der Waals surface area contributed by atoms with E-state index in [0.717, 1.165) is 18.4 Å². The van der Waals surface area contributed by atoms with E-state index in [1.807, 2.05) is 0 Å². The minimum atomic E-state index is -0.609. The number of hydrogen-bond acceptors (Lipinski definition) is 1. The van der Waals surface area contributed by atoms with Gasteiger partial charge in [0.2, 0.25) is 0 Å². The van der Waals surface area contributed by atoms with Crippen molar-refractivity contribution in [3.05, 3.63) is 48.0 Å². The van der Waals surface area contributed by atoms with Gasteiger partial charge in [0.15, 0.2) is 0 Å². The number of hydrogen-bond donors (Lipinski definition) is 1. The van der Waals surface area contributed by atoms with Crippen LogP contribution in [0.15, 0.2) is 42.5 Å². The molecule has 0 amide bonds. The zero-order chi connectivity index (χ0) is 13.7. The van der Waals surface area contributed by atoms with Gasteiger partial charge >= 0.3 is 0 Å². The van der Waals surface area contributed by atoms with Gasteiger partial charge in [0.05, 0.1) is 5.60 Å². The van der Waals surface area contributed by atoms with Crippen molar-refractivity contribution in [2.24, 2.45) is 11.3 Å². The predicted octanol–water partition coefficient (Wildman–Crippen LogP) is 4.48. The summed E-state index contributed by atoms with van der Waals surface area (Å²) in [7, 11) is 0. The molecule has 1 saturated carbocycles. The molecular weight excluding hydrogens is 232 g/mol. The maximum Gasteiger partial charge on any atom is 0.0902 e. The Morgan fingerprint density at radius 2 is 1.63 bits per heavy atom. The summed E-state index contributed by atoms with van der Waals surface area (Å²) in [5.41, 5.74) is 0.761. The van der Waals surface area contributed by atoms with Gasteiger partial charge in [0, 0.05) is 0 Å². The van der Waals surface area contributed by atoms with Gasteiger partial charge in [0.1, 0.15) is 0 Å². The Labute approximate surface area is 115 Å². The number of benzene rings is 2. The topological polar surface area (TPSA) is 20.2 Å². The Kier molecular flexibility index (Phi) is 2.72. The van der Waals surface area contributed by atoms with E-state index in [2.05, 4.69) is 63.2 Å². The van der Waals surface area contributed by atoms with Crippen molar-refractivity contribution in [1.29, 1.82) is 0 Å². The summed E-state index contributed by atoms with van der Waals surface area (Å²) in [6.07, 6.45) is 1.77. The highest BCUT2D eigenvalue weighted by Crippen LogP contribution is 2.52. The lowest BCUT2D eigenvalue weighted by atomic mass is 9.58. The van der Waals surface area contributed by atoms with E-state index in [1.165, 1.54) is 10.8 Å². The summed E-state index contributed by atoms with van der Waals surface area (Å²) in [6.45, 7) is 6.78. The van der Waals surface area contributed by atoms with Crippen molar-refractivity contribution in [1.82, 2.24) is 0 Å². The van der Waals surface area contributed by atoms with E-state index in [0.29, 0.717) is 11.3 Å². The molecule has 0 heterocycles. The standard InChI is InChI=1S/C18H22O/c1-17(2,3)16-11-18(19,12-16)15-9-8-13-6-4-5-7-14(13)10-15/h4-10,16,19H,11-12H2,1-3H3. The fraction of sp³-hybridized carbons (Fsp3) is 0.444. The van der Waals surface area contributed by atoms with Crippen LogP contribution >= 0.6 is 0 Å².